The molecule has 0 aromatic carbocycles. The van der Waals surface area contributed by atoms with E-state index in [9.17, 15) is 25.0 Å². The molecule has 1 aliphatic rings. The molecule has 90 valence electrons. The van der Waals surface area contributed by atoms with Gasteiger partial charge in [0, 0.05) is 22.8 Å². The van der Waals surface area contributed by atoms with Crippen LogP contribution in [0.5, 0.6) is 0 Å². The van der Waals surface area contributed by atoms with Crippen molar-refractivity contribution in [2.45, 2.75) is 18.5 Å². The number of hydrogen-bond acceptors (Lipinski definition) is 5. The van der Waals surface area contributed by atoms with Gasteiger partial charge < -0.3 is 4.90 Å². The first kappa shape index (κ1) is 12.6. The van der Waals surface area contributed by atoms with Gasteiger partial charge in [-0.1, -0.05) is 0 Å². The van der Waals surface area contributed by atoms with Crippen LogP contribution in [0.15, 0.2) is 0 Å². The molecule has 9 heteroatoms. The van der Waals surface area contributed by atoms with E-state index in [1.54, 1.807) is 0 Å². The summed E-state index contributed by atoms with van der Waals surface area (Å²) in [5, 5.41) is 21.2. The lowest BCUT2D eigenvalue weighted by Gasteiger charge is -2.29. The summed E-state index contributed by atoms with van der Waals surface area (Å²) in [4.78, 5) is 32.3. The van der Waals surface area contributed by atoms with Crippen LogP contribution in [0.2, 0.25) is 0 Å². The molecule has 0 aromatic rings. The average molecular weight is 252 g/mol. The summed E-state index contributed by atoms with van der Waals surface area (Å²) in [5.41, 5.74) is 0. The molecule has 1 rings (SSSR count). The van der Waals surface area contributed by atoms with Gasteiger partial charge in [-0.05, 0) is 0 Å². The van der Waals surface area contributed by atoms with Crippen LogP contribution in [0.25, 0.3) is 0 Å². The zero-order valence-corrected chi connectivity index (χ0v) is 9.00. The number of hydrogen-bond donors (Lipinski definition) is 0. The molecular formula is C7H10ClN3O5. The monoisotopic (exact) mass is 251 g/mol. The predicted molar refractivity (Wildman–Crippen MR) is 53.5 cm³/mol. The summed E-state index contributed by atoms with van der Waals surface area (Å²) in [5.74, 6) is -0.705. The molecule has 8 nitrogen and oxygen atoms in total. The Bertz CT molecular complexity index is 323. The normalized spacial score (nSPS) is 25.2. The fourth-order valence-electron chi connectivity index (χ4n) is 1.68. The molecule has 0 bridgehead atoms. The van der Waals surface area contributed by atoms with Crippen LogP contribution in [-0.4, -0.2) is 51.7 Å². The Labute approximate surface area is 95.5 Å². The number of alkyl halides is 1. The van der Waals surface area contributed by atoms with Crippen molar-refractivity contribution in [3.05, 3.63) is 20.2 Å². The standard InChI is InChI=1S/C7H10ClN3O5/c8-3-7(12)9-2-1-5(10(13)14)6(4-9)11(15)16/h5-6H,1-4H2. The summed E-state index contributed by atoms with van der Waals surface area (Å²) < 4.78 is 0. The number of halogens is 1. The van der Waals surface area contributed by atoms with Crippen LogP contribution in [0, 0.1) is 20.2 Å². The Kier molecular flexibility index (Phi) is 3.99. The molecule has 16 heavy (non-hydrogen) atoms. The lowest BCUT2D eigenvalue weighted by Crippen LogP contribution is -2.55. The summed E-state index contributed by atoms with van der Waals surface area (Å²) in [6.07, 6.45) is -0.0126. The molecule has 2 unspecified atom stereocenters. The number of piperidine rings is 1. The molecule has 0 spiro atoms. The first-order chi connectivity index (χ1) is 7.47. The van der Waals surface area contributed by atoms with Crippen molar-refractivity contribution < 1.29 is 14.6 Å². The van der Waals surface area contributed by atoms with Crippen LogP contribution in [0.1, 0.15) is 6.42 Å². The van der Waals surface area contributed by atoms with Crippen LogP contribution in [0.3, 0.4) is 0 Å². The summed E-state index contributed by atoms with van der Waals surface area (Å²) in [7, 11) is 0. The summed E-state index contributed by atoms with van der Waals surface area (Å²) in [6.45, 7) is -0.105. The minimum absolute atomic E-state index is 0.0126. The molecule has 0 saturated carbocycles. The van der Waals surface area contributed by atoms with Gasteiger partial charge in [0.15, 0.2) is 0 Å². The third-order valence-corrected chi connectivity index (χ3v) is 2.78. The second-order valence-corrected chi connectivity index (χ2v) is 3.73. The topological polar surface area (TPSA) is 107 Å². The van der Waals surface area contributed by atoms with Crippen molar-refractivity contribution in [1.82, 2.24) is 4.90 Å². The Morgan fingerprint density at radius 3 is 2.31 bits per heavy atom. The van der Waals surface area contributed by atoms with Gasteiger partial charge in [0.1, 0.15) is 5.88 Å². The van der Waals surface area contributed by atoms with E-state index in [1.807, 2.05) is 0 Å². The molecule has 1 fully saturated rings. The van der Waals surface area contributed by atoms with Gasteiger partial charge in [0.05, 0.1) is 6.54 Å². The molecule has 1 heterocycles. The summed E-state index contributed by atoms with van der Waals surface area (Å²) >= 11 is 5.32. The van der Waals surface area contributed by atoms with Crippen LogP contribution >= 0.6 is 11.6 Å². The molecule has 0 aromatic heterocycles. The number of carbonyl (C=O) groups excluding carboxylic acids is 1. The molecule has 1 aliphatic heterocycles. The maximum atomic E-state index is 11.2. The Morgan fingerprint density at radius 2 is 1.88 bits per heavy atom. The fraction of sp³-hybridized carbons (Fsp3) is 0.857. The first-order valence-electron chi connectivity index (χ1n) is 4.58. The highest BCUT2D eigenvalue weighted by atomic mass is 35.5. The maximum absolute atomic E-state index is 11.2. The molecule has 0 aliphatic carbocycles. The molecule has 0 N–H and O–H groups in total. The van der Waals surface area contributed by atoms with Gasteiger partial charge in [0.2, 0.25) is 5.91 Å². The molecule has 1 saturated heterocycles. The smallest absolute Gasteiger partial charge is 0.296 e. The third-order valence-electron chi connectivity index (χ3n) is 2.55. The van der Waals surface area contributed by atoms with E-state index in [0.29, 0.717) is 0 Å². The quantitative estimate of drug-likeness (QED) is 0.390. The van der Waals surface area contributed by atoms with E-state index in [-0.39, 0.29) is 25.4 Å². The van der Waals surface area contributed by atoms with Crippen molar-refractivity contribution in [1.29, 1.82) is 0 Å². The highest BCUT2D eigenvalue weighted by Gasteiger charge is 2.46. The largest absolute Gasteiger partial charge is 0.334 e. The van der Waals surface area contributed by atoms with Crippen molar-refractivity contribution in [3.8, 4) is 0 Å². The van der Waals surface area contributed by atoms with E-state index >= 15 is 0 Å². The van der Waals surface area contributed by atoms with Crippen LogP contribution < -0.4 is 0 Å². The van der Waals surface area contributed by atoms with E-state index in [4.69, 9.17) is 11.6 Å². The number of nitrogens with zero attached hydrogens (tertiary/aromatic N) is 3. The zero-order chi connectivity index (χ0) is 12.3. The van der Waals surface area contributed by atoms with Gasteiger partial charge in [0.25, 0.3) is 12.1 Å². The Morgan fingerprint density at radius 1 is 1.31 bits per heavy atom. The predicted octanol–water partition coefficient (Wildman–Crippen LogP) is -0.252. The number of rotatable bonds is 3. The number of likely N-dealkylation sites (tertiary alicyclic amines) is 1. The van der Waals surface area contributed by atoms with E-state index in [2.05, 4.69) is 0 Å². The lowest BCUT2D eigenvalue weighted by molar-refractivity contribution is -0.621. The van der Waals surface area contributed by atoms with E-state index in [1.165, 1.54) is 4.90 Å². The number of amides is 1. The summed E-state index contributed by atoms with van der Waals surface area (Å²) in [6, 6.07) is -2.58. The van der Waals surface area contributed by atoms with E-state index < -0.39 is 27.8 Å². The molecule has 0 radical (unpaired) electrons. The van der Waals surface area contributed by atoms with E-state index in [0.717, 1.165) is 0 Å². The van der Waals surface area contributed by atoms with Gasteiger partial charge in [-0.15, -0.1) is 11.6 Å². The fourth-order valence-corrected chi connectivity index (χ4v) is 1.85. The highest BCUT2D eigenvalue weighted by Crippen LogP contribution is 2.16. The SMILES string of the molecule is O=C(CCl)N1CCC([N+](=O)[O-])C([N+](=O)[O-])C1. The average Bonchev–Trinajstić information content (AvgIpc) is 2.26. The number of carbonyl (C=O) groups is 1. The van der Waals surface area contributed by atoms with Crippen LogP contribution in [0.4, 0.5) is 0 Å². The van der Waals surface area contributed by atoms with Crippen molar-refractivity contribution in [2.24, 2.45) is 0 Å². The van der Waals surface area contributed by atoms with Crippen molar-refractivity contribution in [3.63, 3.8) is 0 Å². The second kappa shape index (κ2) is 5.06. The van der Waals surface area contributed by atoms with Gasteiger partial charge in [-0.25, -0.2) is 0 Å². The highest BCUT2D eigenvalue weighted by molar-refractivity contribution is 6.27. The van der Waals surface area contributed by atoms with Gasteiger partial charge in [-0.3, -0.25) is 25.0 Å². The molecule has 1 amide bonds. The Hall–Kier alpha value is -1.44. The second-order valence-electron chi connectivity index (χ2n) is 3.47. The van der Waals surface area contributed by atoms with Gasteiger partial charge in [-0.2, -0.15) is 0 Å². The molecule has 2 atom stereocenters. The minimum atomic E-state index is -1.35. The minimum Gasteiger partial charge on any atom is -0.334 e. The first-order valence-corrected chi connectivity index (χ1v) is 5.11. The number of nitro groups is 2. The van der Waals surface area contributed by atoms with Crippen molar-refractivity contribution >= 4 is 17.5 Å². The van der Waals surface area contributed by atoms with Crippen LogP contribution in [-0.2, 0) is 4.79 Å². The Balaban J connectivity index is 2.76. The van der Waals surface area contributed by atoms with Crippen molar-refractivity contribution in [2.75, 3.05) is 19.0 Å². The maximum Gasteiger partial charge on any atom is 0.296 e. The van der Waals surface area contributed by atoms with Gasteiger partial charge >= 0.3 is 0 Å². The lowest BCUT2D eigenvalue weighted by atomic mass is 10.0. The third kappa shape index (κ3) is 2.57. The molecular weight excluding hydrogens is 242 g/mol. The zero-order valence-electron chi connectivity index (χ0n) is 8.24.